The molecule has 0 radical (unpaired) electrons. The van der Waals surface area contributed by atoms with E-state index in [-0.39, 0.29) is 22.3 Å². The van der Waals surface area contributed by atoms with Gasteiger partial charge in [-0.05, 0) is 122 Å². The van der Waals surface area contributed by atoms with Crippen LogP contribution in [0.2, 0.25) is 0 Å². The Morgan fingerprint density at radius 3 is 1.64 bits per heavy atom. The number of hydrogen-bond donors (Lipinski definition) is 0. The molecule has 0 amide bonds. The van der Waals surface area contributed by atoms with Crippen molar-refractivity contribution in [1.82, 2.24) is 0 Å². The van der Waals surface area contributed by atoms with Crippen molar-refractivity contribution >= 4 is 28.4 Å². The molecular formula is C53H54N2. The molecule has 0 aliphatic heterocycles. The molecule has 0 fully saturated rings. The summed E-state index contributed by atoms with van der Waals surface area (Å²) >= 11 is 0. The van der Waals surface area contributed by atoms with E-state index in [4.69, 9.17) is 0 Å². The topological polar surface area (TPSA) is 6.48 Å². The van der Waals surface area contributed by atoms with E-state index in [1.807, 2.05) is 0 Å². The Hall–Kier alpha value is -5.60. The molecule has 6 aromatic carbocycles. The van der Waals surface area contributed by atoms with Gasteiger partial charge in [0, 0.05) is 33.9 Å². The van der Waals surface area contributed by atoms with Gasteiger partial charge in [0.05, 0.1) is 6.04 Å². The Kier molecular flexibility index (Phi) is 9.20. The van der Waals surface area contributed by atoms with Crippen molar-refractivity contribution in [3.63, 3.8) is 0 Å². The molecule has 2 heteroatoms. The van der Waals surface area contributed by atoms with Crippen molar-refractivity contribution < 1.29 is 0 Å². The molecule has 55 heavy (non-hydrogen) atoms. The molecule has 276 valence electrons. The van der Waals surface area contributed by atoms with Crippen LogP contribution in [0, 0.1) is 5.41 Å². The number of rotatable bonds is 7. The van der Waals surface area contributed by atoms with E-state index in [2.05, 4.69) is 229 Å². The Morgan fingerprint density at radius 1 is 0.509 bits per heavy atom. The second-order valence-corrected chi connectivity index (χ2v) is 17.9. The normalized spacial score (nSPS) is 15.9. The first-order valence-corrected chi connectivity index (χ1v) is 19.9. The van der Waals surface area contributed by atoms with Gasteiger partial charge in [-0.25, -0.2) is 0 Å². The maximum absolute atomic E-state index is 2.51. The minimum Gasteiger partial charge on any atom is -0.334 e. The maximum Gasteiger partial charge on any atom is 0.0560 e. The summed E-state index contributed by atoms with van der Waals surface area (Å²) in [5, 5.41) is 0. The molecule has 0 saturated carbocycles. The van der Waals surface area contributed by atoms with Gasteiger partial charge in [-0.1, -0.05) is 159 Å². The van der Waals surface area contributed by atoms with Crippen LogP contribution in [0.1, 0.15) is 78.5 Å². The van der Waals surface area contributed by atoms with E-state index in [9.17, 15) is 0 Å². The van der Waals surface area contributed by atoms with Crippen LogP contribution in [0.3, 0.4) is 0 Å². The summed E-state index contributed by atoms with van der Waals surface area (Å²) in [5.41, 5.74) is 16.6. The van der Waals surface area contributed by atoms with Gasteiger partial charge in [0.25, 0.3) is 0 Å². The number of fused-ring (bicyclic) bond motifs is 3. The largest absolute Gasteiger partial charge is 0.334 e. The summed E-state index contributed by atoms with van der Waals surface area (Å²) in [6.07, 6.45) is 8.13. The minimum absolute atomic E-state index is 0.0425. The van der Waals surface area contributed by atoms with Crippen LogP contribution in [-0.4, -0.2) is 6.04 Å². The third kappa shape index (κ3) is 6.96. The fraction of sp³-hybridized carbons (Fsp3) is 0.245. The summed E-state index contributed by atoms with van der Waals surface area (Å²) in [5.74, 6) is 0. The zero-order valence-corrected chi connectivity index (χ0v) is 33.8. The van der Waals surface area contributed by atoms with Gasteiger partial charge in [0.1, 0.15) is 0 Å². The zero-order chi connectivity index (χ0) is 38.5. The van der Waals surface area contributed by atoms with E-state index in [0.717, 1.165) is 23.5 Å². The highest BCUT2D eigenvalue weighted by atomic mass is 15.2. The highest BCUT2D eigenvalue weighted by molar-refractivity contribution is 5.87. The van der Waals surface area contributed by atoms with Crippen LogP contribution in [-0.2, 0) is 10.8 Å². The lowest BCUT2D eigenvalue weighted by molar-refractivity contribution is 0.510. The molecule has 0 heterocycles. The molecule has 0 spiro atoms. The molecule has 1 atom stereocenters. The summed E-state index contributed by atoms with van der Waals surface area (Å²) in [6, 6.07) is 54.2. The van der Waals surface area contributed by atoms with Crippen molar-refractivity contribution in [1.29, 1.82) is 0 Å². The quantitative estimate of drug-likeness (QED) is 0.162. The number of hydrogen-bond acceptors (Lipinski definition) is 2. The van der Waals surface area contributed by atoms with Gasteiger partial charge < -0.3 is 9.80 Å². The number of benzene rings is 6. The van der Waals surface area contributed by atoms with Gasteiger partial charge in [-0.15, -0.1) is 0 Å². The molecule has 2 nitrogen and oxygen atoms in total. The van der Waals surface area contributed by atoms with E-state index in [1.54, 1.807) is 0 Å². The van der Waals surface area contributed by atoms with Crippen LogP contribution in [0.4, 0.5) is 28.4 Å². The first-order chi connectivity index (χ1) is 26.3. The van der Waals surface area contributed by atoms with E-state index in [1.165, 1.54) is 55.9 Å². The first kappa shape index (κ1) is 36.4. The Labute approximate surface area is 329 Å². The van der Waals surface area contributed by atoms with Crippen molar-refractivity contribution in [2.45, 2.75) is 78.7 Å². The SMILES string of the molecule is CC(C)(C)C1=CCC(N(c2ccc(N(c3ccc(-c4ccccc4)cc3)c3ccc4c(c3)-c3ccccc3C4(C)C)cc2)c2ccc(C(C)(C)C)cc2)C=C1. The van der Waals surface area contributed by atoms with Crippen molar-refractivity contribution in [2.24, 2.45) is 5.41 Å². The highest BCUT2D eigenvalue weighted by Gasteiger charge is 2.35. The summed E-state index contributed by atoms with van der Waals surface area (Å²) < 4.78 is 0. The van der Waals surface area contributed by atoms with Gasteiger partial charge in [0.15, 0.2) is 0 Å². The Morgan fingerprint density at radius 2 is 1.04 bits per heavy atom. The summed E-state index contributed by atoms with van der Waals surface area (Å²) in [6.45, 7) is 18.4. The highest BCUT2D eigenvalue weighted by Crippen LogP contribution is 2.51. The lowest BCUT2D eigenvalue weighted by Gasteiger charge is -2.35. The molecular weight excluding hydrogens is 665 g/mol. The Bertz CT molecular complexity index is 2360. The maximum atomic E-state index is 2.51. The van der Waals surface area contributed by atoms with E-state index < -0.39 is 0 Å². The zero-order valence-electron chi connectivity index (χ0n) is 33.8. The van der Waals surface area contributed by atoms with Gasteiger partial charge >= 0.3 is 0 Å². The molecule has 0 bridgehead atoms. The lowest BCUT2D eigenvalue weighted by Crippen LogP contribution is -2.31. The second kappa shape index (κ2) is 13.9. The second-order valence-electron chi connectivity index (χ2n) is 17.9. The van der Waals surface area contributed by atoms with Crippen LogP contribution >= 0.6 is 0 Å². The monoisotopic (exact) mass is 718 g/mol. The molecule has 0 aromatic heterocycles. The molecule has 1 unspecified atom stereocenters. The van der Waals surface area contributed by atoms with E-state index >= 15 is 0 Å². The fourth-order valence-corrected chi connectivity index (χ4v) is 8.50. The van der Waals surface area contributed by atoms with Gasteiger partial charge in [0.2, 0.25) is 0 Å². The minimum atomic E-state index is -0.0425. The van der Waals surface area contributed by atoms with Crippen LogP contribution in [0.15, 0.2) is 169 Å². The van der Waals surface area contributed by atoms with Crippen molar-refractivity contribution in [2.75, 3.05) is 9.80 Å². The molecule has 0 saturated heterocycles. The predicted octanol–water partition coefficient (Wildman–Crippen LogP) is 14.9. The number of nitrogens with zero attached hydrogens (tertiary/aromatic N) is 2. The average Bonchev–Trinajstić information content (AvgIpc) is 3.41. The molecule has 6 aromatic rings. The van der Waals surface area contributed by atoms with Crippen LogP contribution < -0.4 is 9.80 Å². The number of allylic oxidation sites excluding steroid dienone is 2. The summed E-state index contributed by atoms with van der Waals surface area (Å²) in [4.78, 5) is 4.92. The first-order valence-electron chi connectivity index (χ1n) is 19.9. The average molecular weight is 719 g/mol. The summed E-state index contributed by atoms with van der Waals surface area (Å²) in [7, 11) is 0. The van der Waals surface area contributed by atoms with Gasteiger partial charge in [-0.3, -0.25) is 0 Å². The number of anilines is 5. The third-order valence-corrected chi connectivity index (χ3v) is 11.7. The molecule has 0 N–H and O–H groups in total. The van der Waals surface area contributed by atoms with E-state index in [0.29, 0.717) is 0 Å². The van der Waals surface area contributed by atoms with Crippen LogP contribution in [0.5, 0.6) is 0 Å². The van der Waals surface area contributed by atoms with Crippen LogP contribution in [0.25, 0.3) is 22.3 Å². The van der Waals surface area contributed by atoms with Gasteiger partial charge in [-0.2, -0.15) is 0 Å². The molecule has 2 aliphatic rings. The molecule has 2 aliphatic carbocycles. The predicted molar refractivity (Wildman–Crippen MR) is 236 cm³/mol. The molecule has 8 rings (SSSR count). The van der Waals surface area contributed by atoms with Crippen molar-refractivity contribution in [3.05, 3.63) is 186 Å². The lowest BCUT2D eigenvalue weighted by atomic mass is 9.82. The standard InChI is InChI=1S/C53H54N2/c1-51(2,3)39-20-26-42(27-21-39)54(43-28-22-40(23-29-43)52(4,5)6)44-30-32-45(33-31-44)55(41-24-18-38(19-25-41)37-14-10-9-11-15-37)46-34-35-50-48(36-46)47-16-12-13-17-49(47)53(50,7)8/h9-28,30-36,43H,29H2,1-8H3. The third-order valence-electron chi connectivity index (χ3n) is 11.7. The Balaban J connectivity index is 1.21. The smallest absolute Gasteiger partial charge is 0.0560 e. The van der Waals surface area contributed by atoms with Crippen molar-refractivity contribution in [3.8, 4) is 22.3 Å². The fourth-order valence-electron chi connectivity index (χ4n) is 8.50.